The number of ether oxygens (including phenoxy) is 1. The Labute approximate surface area is 140 Å². The first-order valence-electron chi connectivity index (χ1n) is 7.82. The van der Waals surface area contributed by atoms with Crippen molar-refractivity contribution < 1.29 is 13.9 Å². The van der Waals surface area contributed by atoms with Gasteiger partial charge < -0.3 is 14.1 Å². The van der Waals surface area contributed by atoms with Gasteiger partial charge in [-0.15, -0.1) is 11.6 Å². The van der Waals surface area contributed by atoms with Crippen LogP contribution in [-0.2, 0) is 0 Å². The summed E-state index contributed by atoms with van der Waals surface area (Å²) in [7, 11) is 0. The van der Waals surface area contributed by atoms with Crippen molar-refractivity contribution in [3.63, 3.8) is 0 Å². The second kappa shape index (κ2) is 7.51. The van der Waals surface area contributed by atoms with Crippen LogP contribution in [-0.4, -0.2) is 41.4 Å². The minimum Gasteiger partial charge on any atom is -0.494 e. The predicted molar refractivity (Wildman–Crippen MR) is 87.9 cm³/mol. The van der Waals surface area contributed by atoms with Crippen molar-refractivity contribution in [2.75, 3.05) is 25.6 Å². The number of amides is 1. The number of likely N-dealkylation sites (tertiary alicyclic amines) is 1. The van der Waals surface area contributed by atoms with Gasteiger partial charge in [-0.2, -0.15) is 0 Å². The molecule has 1 fully saturated rings. The smallest absolute Gasteiger partial charge is 0.275 e. The highest BCUT2D eigenvalue weighted by molar-refractivity contribution is 6.17. The van der Waals surface area contributed by atoms with E-state index in [2.05, 4.69) is 4.98 Å². The Morgan fingerprint density at radius 3 is 2.70 bits per heavy atom. The number of hydrogen-bond donors (Lipinski definition) is 0. The van der Waals surface area contributed by atoms with Gasteiger partial charge in [0.1, 0.15) is 12.0 Å². The maximum Gasteiger partial charge on any atom is 0.275 e. The molecule has 0 saturated carbocycles. The number of aromatic nitrogens is 1. The average Bonchev–Trinajstić information content (AvgIpc) is 3.27. The third-order valence-electron chi connectivity index (χ3n) is 3.76. The molecule has 3 rings (SSSR count). The summed E-state index contributed by atoms with van der Waals surface area (Å²) >= 11 is 5.62. The van der Waals surface area contributed by atoms with Gasteiger partial charge in [-0.1, -0.05) is 0 Å². The fourth-order valence-electron chi connectivity index (χ4n) is 2.53. The van der Waals surface area contributed by atoms with Gasteiger partial charge in [0.15, 0.2) is 5.69 Å². The molecule has 0 unspecified atom stereocenters. The normalized spacial score (nSPS) is 14.2. The Balaban J connectivity index is 1.66. The Kier molecular flexibility index (Phi) is 5.18. The summed E-state index contributed by atoms with van der Waals surface area (Å²) < 4.78 is 11.0. The van der Waals surface area contributed by atoms with Crippen LogP contribution in [0.5, 0.6) is 5.75 Å². The summed E-state index contributed by atoms with van der Waals surface area (Å²) in [5, 5.41) is 0. The summed E-state index contributed by atoms with van der Waals surface area (Å²) in [5.41, 5.74) is 1.18. The van der Waals surface area contributed by atoms with Crippen LogP contribution in [0.3, 0.4) is 0 Å². The van der Waals surface area contributed by atoms with Crippen LogP contribution in [0.2, 0.25) is 0 Å². The molecule has 2 aromatic rings. The molecule has 0 aliphatic carbocycles. The van der Waals surface area contributed by atoms with Gasteiger partial charge in [-0.3, -0.25) is 4.79 Å². The molecule has 1 aliphatic heterocycles. The number of carbonyl (C=O) groups is 1. The molecular weight excluding hydrogens is 316 g/mol. The van der Waals surface area contributed by atoms with Gasteiger partial charge in [-0.25, -0.2) is 4.98 Å². The molecular formula is C17H19ClN2O3. The molecule has 23 heavy (non-hydrogen) atoms. The summed E-state index contributed by atoms with van der Waals surface area (Å²) in [6.07, 6.45) is 4.36. The second-order valence-corrected chi connectivity index (χ2v) is 5.83. The zero-order chi connectivity index (χ0) is 16.1. The third-order valence-corrected chi connectivity index (χ3v) is 4.03. The number of rotatable bonds is 6. The lowest BCUT2D eigenvalue weighted by Crippen LogP contribution is -2.27. The minimum absolute atomic E-state index is 0.0569. The van der Waals surface area contributed by atoms with E-state index in [1.54, 1.807) is 0 Å². The molecule has 0 spiro atoms. The van der Waals surface area contributed by atoms with E-state index in [1.807, 2.05) is 29.2 Å². The summed E-state index contributed by atoms with van der Waals surface area (Å²) in [6.45, 7) is 2.20. The highest BCUT2D eigenvalue weighted by Crippen LogP contribution is 2.23. The maximum atomic E-state index is 12.3. The number of alkyl halides is 1. The van der Waals surface area contributed by atoms with Crippen LogP contribution in [0, 0.1) is 0 Å². The van der Waals surface area contributed by atoms with Gasteiger partial charge >= 0.3 is 0 Å². The van der Waals surface area contributed by atoms with E-state index < -0.39 is 0 Å². The average molecular weight is 335 g/mol. The first kappa shape index (κ1) is 15.9. The second-order valence-electron chi connectivity index (χ2n) is 5.45. The number of nitrogens with zero attached hydrogens (tertiary/aromatic N) is 2. The number of halogens is 1. The molecule has 2 heterocycles. The molecule has 5 nitrogen and oxygen atoms in total. The van der Waals surface area contributed by atoms with Crippen LogP contribution in [0.1, 0.15) is 29.8 Å². The lowest BCUT2D eigenvalue weighted by molar-refractivity contribution is 0.0787. The standard InChI is InChI=1S/C17H19ClN2O3/c18-8-3-11-22-14-6-4-13(5-7-14)16-19-15(12-23-16)17(21)20-9-1-2-10-20/h4-7,12H,1-3,8-11H2. The molecule has 0 N–H and O–H groups in total. The molecule has 0 bridgehead atoms. The Hall–Kier alpha value is -2.01. The van der Waals surface area contributed by atoms with Crippen LogP contribution in [0.15, 0.2) is 34.9 Å². The monoisotopic (exact) mass is 334 g/mol. The van der Waals surface area contributed by atoms with Gasteiger partial charge in [0.2, 0.25) is 5.89 Å². The lowest BCUT2D eigenvalue weighted by Gasteiger charge is -2.12. The quantitative estimate of drug-likeness (QED) is 0.598. The van der Waals surface area contributed by atoms with Crippen molar-refractivity contribution in [2.45, 2.75) is 19.3 Å². The Morgan fingerprint density at radius 1 is 1.26 bits per heavy atom. The third kappa shape index (κ3) is 3.85. The number of oxazole rings is 1. The van der Waals surface area contributed by atoms with Crippen LogP contribution in [0.25, 0.3) is 11.5 Å². The fourth-order valence-corrected chi connectivity index (χ4v) is 2.63. The first-order chi connectivity index (χ1) is 11.3. The molecule has 1 aromatic heterocycles. The van der Waals surface area contributed by atoms with E-state index in [-0.39, 0.29) is 5.91 Å². The van der Waals surface area contributed by atoms with Crippen molar-refractivity contribution in [3.05, 3.63) is 36.2 Å². The zero-order valence-electron chi connectivity index (χ0n) is 12.8. The molecule has 1 aromatic carbocycles. The zero-order valence-corrected chi connectivity index (χ0v) is 13.6. The van der Waals surface area contributed by atoms with Crippen LogP contribution < -0.4 is 4.74 Å². The maximum absolute atomic E-state index is 12.3. The summed E-state index contributed by atoms with van der Waals surface area (Å²) in [6, 6.07) is 7.45. The topological polar surface area (TPSA) is 55.6 Å². The van der Waals surface area contributed by atoms with Gasteiger partial charge in [-0.05, 0) is 43.5 Å². The summed E-state index contributed by atoms with van der Waals surface area (Å²) in [4.78, 5) is 18.4. The van der Waals surface area contributed by atoms with Crippen molar-refractivity contribution in [3.8, 4) is 17.2 Å². The molecule has 1 saturated heterocycles. The van der Waals surface area contributed by atoms with Crippen molar-refractivity contribution in [2.24, 2.45) is 0 Å². The highest BCUT2D eigenvalue weighted by Gasteiger charge is 2.22. The molecule has 122 valence electrons. The van der Waals surface area contributed by atoms with Crippen molar-refractivity contribution in [1.82, 2.24) is 9.88 Å². The molecule has 1 aliphatic rings. The lowest BCUT2D eigenvalue weighted by atomic mass is 10.2. The number of carbonyl (C=O) groups excluding carboxylic acids is 1. The van der Waals surface area contributed by atoms with E-state index in [0.717, 1.165) is 43.7 Å². The van der Waals surface area contributed by atoms with Crippen LogP contribution >= 0.6 is 11.6 Å². The van der Waals surface area contributed by atoms with Gasteiger partial charge in [0.25, 0.3) is 5.91 Å². The number of hydrogen-bond acceptors (Lipinski definition) is 4. The van der Waals surface area contributed by atoms with E-state index >= 15 is 0 Å². The van der Waals surface area contributed by atoms with Crippen molar-refractivity contribution in [1.29, 1.82) is 0 Å². The van der Waals surface area contributed by atoms with Gasteiger partial charge in [0, 0.05) is 24.5 Å². The van der Waals surface area contributed by atoms with Gasteiger partial charge in [0.05, 0.1) is 6.61 Å². The summed E-state index contributed by atoms with van der Waals surface area (Å²) in [5.74, 6) is 1.75. The predicted octanol–water partition coefficient (Wildman–Crippen LogP) is 3.59. The Bertz CT molecular complexity index is 648. The molecule has 6 heteroatoms. The van der Waals surface area contributed by atoms with Crippen LogP contribution in [0.4, 0.5) is 0 Å². The van der Waals surface area contributed by atoms with E-state index in [9.17, 15) is 4.79 Å². The first-order valence-corrected chi connectivity index (χ1v) is 8.35. The minimum atomic E-state index is -0.0569. The highest BCUT2D eigenvalue weighted by atomic mass is 35.5. The largest absolute Gasteiger partial charge is 0.494 e. The van der Waals surface area contributed by atoms with E-state index in [1.165, 1.54) is 6.26 Å². The fraction of sp³-hybridized carbons (Fsp3) is 0.412. The van der Waals surface area contributed by atoms with E-state index in [0.29, 0.717) is 24.1 Å². The molecule has 0 atom stereocenters. The molecule has 1 amide bonds. The van der Waals surface area contributed by atoms with E-state index in [4.69, 9.17) is 20.8 Å². The Morgan fingerprint density at radius 2 is 2.00 bits per heavy atom. The molecule has 0 radical (unpaired) electrons. The van der Waals surface area contributed by atoms with Crippen molar-refractivity contribution >= 4 is 17.5 Å². The SMILES string of the molecule is O=C(c1coc(-c2ccc(OCCCCl)cc2)n1)N1CCCC1. The number of benzene rings is 1.